The zero-order valence-electron chi connectivity index (χ0n) is 13.1. The van der Waals surface area contributed by atoms with E-state index in [2.05, 4.69) is 0 Å². The number of benzene rings is 2. The number of likely N-dealkylation sites (N-methyl/N-ethyl adjacent to an activating group) is 1. The zero-order valence-corrected chi connectivity index (χ0v) is 13.1. The van der Waals surface area contributed by atoms with E-state index >= 15 is 0 Å². The Morgan fingerprint density at radius 2 is 1.73 bits per heavy atom. The van der Waals surface area contributed by atoms with Crippen LogP contribution >= 0.6 is 0 Å². The van der Waals surface area contributed by atoms with Crippen LogP contribution in [0.25, 0.3) is 0 Å². The van der Waals surface area contributed by atoms with Crippen LogP contribution in [0, 0.1) is 0 Å². The van der Waals surface area contributed by atoms with E-state index < -0.39 is 5.41 Å². The number of ketones is 1. The van der Waals surface area contributed by atoms with Gasteiger partial charge < -0.3 is 4.90 Å². The van der Waals surface area contributed by atoms with Gasteiger partial charge in [-0.2, -0.15) is 0 Å². The molecular formula is C19H19NO2. The van der Waals surface area contributed by atoms with Gasteiger partial charge in [0, 0.05) is 18.3 Å². The van der Waals surface area contributed by atoms with E-state index in [1.54, 1.807) is 11.8 Å². The maximum atomic E-state index is 12.7. The lowest BCUT2D eigenvalue weighted by molar-refractivity contribution is -0.122. The van der Waals surface area contributed by atoms with Gasteiger partial charge in [-0.25, -0.2) is 0 Å². The van der Waals surface area contributed by atoms with Crippen molar-refractivity contribution in [3.8, 4) is 0 Å². The van der Waals surface area contributed by atoms with Crippen LogP contribution < -0.4 is 4.90 Å². The number of amides is 1. The molecule has 0 saturated carbocycles. The minimum atomic E-state index is -0.552. The highest BCUT2D eigenvalue weighted by Crippen LogP contribution is 2.42. The van der Waals surface area contributed by atoms with E-state index in [0.29, 0.717) is 12.0 Å². The maximum absolute atomic E-state index is 12.7. The number of para-hydroxylation sites is 1. The molecule has 22 heavy (non-hydrogen) atoms. The molecule has 1 aliphatic rings. The molecule has 2 aromatic rings. The Morgan fingerprint density at radius 3 is 2.36 bits per heavy atom. The Hall–Kier alpha value is -2.42. The SMILES string of the molecule is CC(=O)c1ccc(CC2(C)C(=O)N(C)c3ccccc32)cc1. The second kappa shape index (κ2) is 5.09. The molecule has 0 saturated heterocycles. The molecule has 3 rings (SSSR count). The third-order valence-electron chi connectivity index (χ3n) is 4.55. The summed E-state index contributed by atoms with van der Waals surface area (Å²) in [4.78, 5) is 25.8. The normalized spacial score (nSPS) is 20.1. The van der Waals surface area contributed by atoms with E-state index in [0.717, 1.165) is 16.8 Å². The summed E-state index contributed by atoms with van der Waals surface area (Å²) in [7, 11) is 1.82. The molecular weight excluding hydrogens is 274 g/mol. The van der Waals surface area contributed by atoms with Gasteiger partial charge in [0.2, 0.25) is 5.91 Å². The third-order valence-corrected chi connectivity index (χ3v) is 4.55. The molecule has 3 heteroatoms. The van der Waals surface area contributed by atoms with Crippen molar-refractivity contribution in [3.63, 3.8) is 0 Å². The van der Waals surface area contributed by atoms with Crippen molar-refractivity contribution in [1.82, 2.24) is 0 Å². The molecule has 1 aliphatic heterocycles. The highest BCUT2D eigenvalue weighted by atomic mass is 16.2. The van der Waals surface area contributed by atoms with Crippen molar-refractivity contribution in [3.05, 3.63) is 65.2 Å². The highest BCUT2D eigenvalue weighted by Gasteiger charge is 2.45. The smallest absolute Gasteiger partial charge is 0.237 e. The number of nitrogens with zero attached hydrogens (tertiary/aromatic N) is 1. The summed E-state index contributed by atoms with van der Waals surface area (Å²) in [5.41, 5.74) is 3.26. The van der Waals surface area contributed by atoms with E-state index in [1.165, 1.54) is 0 Å². The molecule has 0 aromatic heterocycles. The summed E-state index contributed by atoms with van der Waals surface area (Å²) in [6.07, 6.45) is 0.630. The van der Waals surface area contributed by atoms with Gasteiger partial charge in [0.1, 0.15) is 0 Å². The lowest BCUT2D eigenvalue weighted by Crippen LogP contribution is -2.37. The molecule has 1 amide bonds. The molecule has 0 bridgehead atoms. The van der Waals surface area contributed by atoms with Gasteiger partial charge >= 0.3 is 0 Å². The Balaban J connectivity index is 1.97. The summed E-state index contributed by atoms with van der Waals surface area (Å²) in [6.45, 7) is 3.55. The lowest BCUT2D eigenvalue weighted by atomic mass is 9.78. The molecule has 0 fully saturated rings. The molecule has 1 atom stereocenters. The summed E-state index contributed by atoms with van der Waals surface area (Å²) in [5, 5.41) is 0. The van der Waals surface area contributed by atoms with Crippen molar-refractivity contribution in [1.29, 1.82) is 0 Å². The van der Waals surface area contributed by atoms with E-state index in [-0.39, 0.29) is 11.7 Å². The van der Waals surface area contributed by atoms with Crippen molar-refractivity contribution < 1.29 is 9.59 Å². The second-order valence-electron chi connectivity index (χ2n) is 6.14. The summed E-state index contributed by atoms with van der Waals surface area (Å²) in [5.74, 6) is 0.170. The summed E-state index contributed by atoms with van der Waals surface area (Å²) >= 11 is 0. The van der Waals surface area contributed by atoms with E-state index in [1.807, 2.05) is 62.5 Å². The van der Waals surface area contributed by atoms with Crippen LogP contribution in [-0.2, 0) is 16.6 Å². The number of rotatable bonds is 3. The molecule has 0 radical (unpaired) electrons. The van der Waals surface area contributed by atoms with Crippen molar-refractivity contribution in [2.75, 3.05) is 11.9 Å². The van der Waals surface area contributed by atoms with Crippen LogP contribution in [0.4, 0.5) is 5.69 Å². The Labute approximate surface area is 130 Å². The topological polar surface area (TPSA) is 37.4 Å². The Bertz CT molecular complexity index is 748. The van der Waals surface area contributed by atoms with Gasteiger partial charge in [-0.3, -0.25) is 9.59 Å². The molecule has 112 valence electrons. The van der Waals surface area contributed by atoms with Crippen LogP contribution in [0.2, 0.25) is 0 Å². The predicted octanol–water partition coefficient (Wildman–Crippen LogP) is 3.37. The van der Waals surface area contributed by atoms with Gasteiger partial charge in [0.05, 0.1) is 5.41 Å². The highest BCUT2D eigenvalue weighted by molar-refractivity contribution is 6.07. The van der Waals surface area contributed by atoms with Crippen LogP contribution in [0.1, 0.15) is 35.3 Å². The van der Waals surface area contributed by atoms with Crippen LogP contribution in [0.15, 0.2) is 48.5 Å². The van der Waals surface area contributed by atoms with Gasteiger partial charge in [-0.1, -0.05) is 42.5 Å². The number of anilines is 1. The van der Waals surface area contributed by atoms with Crippen molar-refractivity contribution >= 4 is 17.4 Å². The number of hydrogen-bond donors (Lipinski definition) is 0. The van der Waals surface area contributed by atoms with Gasteiger partial charge in [0.25, 0.3) is 0 Å². The minimum absolute atomic E-state index is 0.0554. The molecule has 0 N–H and O–H groups in total. The van der Waals surface area contributed by atoms with Gasteiger partial charge in [0.15, 0.2) is 5.78 Å². The monoisotopic (exact) mass is 293 g/mol. The second-order valence-corrected chi connectivity index (χ2v) is 6.14. The van der Waals surface area contributed by atoms with Gasteiger partial charge in [-0.05, 0) is 37.5 Å². The minimum Gasteiger partial charge on any atom is -0.314 e. The zero-order chi connectivity index (χ0) is 15.9. The predicted molar refractivity (Wildman–Crippen MR) is 87.4 cm³/mol. The largest absolute Gasteiger partial charge is 0.314 e. The Morgan fingerprint density at radius 1 is 1.09 bits per heavy atom. The first kappa shape index (κ1) is 14.5. The molecule has 0 spiro atoms. The van der Waals surface area contributed by atoms with Crippen LogP contribution in [0.5, 0.6) is 0 Å². The van der Waals surface area contributed by atoms with E-state index in [4.69, 9.17) is 0 Å². The fraction of sp³-hybridized carbons (Fsp3) is 0.263. The molecule has 2 aromatic carbocycles. The fourth-order valence-corrected chi connectivity index (χ4v) is 3.26. The average molecular weight is 293 g/mol. The summed E-state index contributed by atoms with van der Waals surface area (Å²) in [6, 6.07) is 15.5. The first-order chi connectivity index (χ1) is 10.4. The molecule has 1 heterocycles. The average Bonchev–Trinajstić information content (AvgIpc) is 2.70. The molecule has 3 nitrogen and oxygen atoms in total. The van der Waals surface area contributed by atoms with Crippen molar-refractivity contribution in [2.24, 2.45) is 0 Å². The Kier molecular flexibility index (Phi) is 3.36. The maximum Gasteiger partial charge on any atom is 0.237 e. The third kappa shape index (κ3) is 2.13. The van der Waals surface area contributed by atoms with Crippen molar-refractivity contribution in [2.45, 2.75) is 25.7 Å². The number of carbonyl (C=O) groups is 2. The first-order valence-corrected chi connectivity index (χ1v) is 7.41. The molecule has 1 unspecified atom stereocenters. The van der Waals surface area contributed by atoms with Gasteiger partial charge in [-0.15, -0.1) is 0 Å². The standard InChI is InChI=1S/C19H19NO2/c1-13(21)15-10-8-14(9-11-15)12-19(2)16-6-4-5-7-17(16)20(3)18(19)22/h4-11H,12H2,1-3H3. The first-order valence-electron chi connectivity index (χ1n) is 7.41. The lowest BCUT2D eigenvalue weighted by Gasteiger charge is -2.23. The molecule has 0 aliphatic carbocycles. The summed E-state index contributed by atoms with van der Waals surface area (Å²) < 4.78 is 0. The number of Topliss-reactive ketones (excluding diaryl/α,β-unsaturated/α-hetero) is 1. The fourth-order valence-electron chi connectivity index (χ4n) is 3.26. The number of carbonyl (C=O) groups excluding carboxylic acids is 2. The number of fused-ring (bicyclic) bond motifs is 1. The van der Waals surface area contributed by atoms with Crippen LogP contribution in [0.3, 0.4) is 0 Å². The quantitative estimate of drug-likeness (QED) is 0.814. The van der Waals surface area contributed by atoms with Crippen LogP contribution in [-0.4, -0.2) is 18.7 Å². The number of hydrogen-bond acceptors (Lipinski definition) is 2. The van der Waals surface area contributed by atoms with E-state index in [9.17, 15) is 9.59 Å².